The summed E-state index contributed by atoms with van der Waals surface area (Å²) in [5.41, 5.74) is 1.18. The SMILES string of the molecule is CNCC(C)NCCc1ccn[nH]1. The van der Waals surface area contributed by atoms with Crippen molar-refractivity contribution in [3.05, 3.63) is 18.0 Å². The molecule has 74 valence electrons. The molecule has 1 aromatic rings. The lowest BCUT2D eigenvalue weighted by molar-refractivity contribution is 0.524. The van der Waals surface area contributed by atoms with Gasteiger partial charge in [0.15, 0.2) is 0 Å². The lowest BCUT2D eigenvalue weighted by Crippen LogP contribution is -2.35. The topological polar surface area (TPSA) is 52.7 Å². The summed E-state index contributed by atoms with van der Waals surface area (Å²) in [6.45, 7) is 4.16. The molecule has 0 aliphatic rings. The molecule has 0 aliphatic carbocycles. The van der Waals surface area contributed by atoms with Gasteiger partial charge in [-0.3, -0.25) is 5.10 Å². The summed E-state index contributed by atoms with van der Waals surface area (Å²) >= 11 is 0. The van der Waals surface area contributed by atoms with Crippen molar-refractivity contribution >= 4 is 0 Å². The minimum absolute atomic E-state index is 0.521. The molecule has 1 rings (SSSR count). The number of likely N-dealkylation sites (N-methyl/N-ethyl adjacent to an activating group) is 1. The van der Waals surface area contributed by atoms with E-state index in [-0.39, 0.29) is 0 Å². The van der Waals surface area contributed by atoms with E-state index in [2.05, 4.69) is 27.8 Å². The van der Waals surface area contributed by atoms with E-state index >= 15 is 0 Å². The van der Waals surface area contributed by atoms with Crippen molar-refractivity contribution in [3.63, 3.8) is 0 Å². The standard InChI is InChI=1S/C9H18N4/c1-8(7-10-2)11-5-3-9-4-6-12-13-9/h4,6,8,10-11H,3,5,7H2,1-2H3,(H,12,13). The minimum Gasteiger partial charge on any atom is -0.318 e. The Kier molecular flexibility index (Phi) is 4.49. The Morgan fingerprint density at radius 3 is 3.08 bits per heavy atom. The number of aromatic amines is 1. The van der Waals surface area contributed by atoms with Gasteiger partial charge in [-0.25, -0.2) is 0 Å². The monoisotopic (exact) mass is 182 g/mol. The highest BCUT2D eigenvalue weighted by Gasteiger charge is 1.98. The molecule has 4 nitrogen and oxygen atoms in total. The van der Waals surface area contributed by atoms with Crippen molar-refractivity contribution in [2.75, 3.05) is 20.1 Å². The number of hydrogen-bond acceptors (Lipinski definition) is 3. The molecule has 1 aromatic heterocycles. The van der Waals surface area contributed by atoms with Crippen molar-refractivity contribution in [2.45, 2.75) is 19.4 Å². The molecular formula is C9H18N4. The van der Waals surface area contributed by atoms with E-state index in [1.165, 1.54) is 5.69 Å². The van der Waals surface area contributed by atoms with Gasteiger partial charge in [0.25, 0.3) is 0 Å². The summed E-state index contributed by atoms with van der Waals surface area (Å²) < 4.78 is 0. The third-order valence-corrected chi connectivity index (χ3v) is 1.96. The average molecular weight is 182 g/mol. The average Bonchev–Trinajstić information content (AvgIpc) is 2.57. The first-order valence-electron chi connectivity index (χ1n) is 4.69. The molecular weight excluding hydrogens is 164 g/mol. The van der Waals surface area contributed by atoms with Crippen molar-refractivity contribution in [1.82, 2.24) is 20.8 Å². The van der Waals surface area contributed by atoms with Crippen LogP contribution in [0.1, 0.15) is 12.6 Å². The molecule has 1 unspecified atom stereocenters. The number of nitrogens with zero attached hydrogens (tertiary/aromatic N) is 1. The van der Waals surface area contributed by atoms with Crippen LogP contribution in [0.15, 0.2) is 12.3 Å². The van der Waals surface area contributed by atoms with E-state index in [1.807, 2.05) is 13.1 Å². The number of rotatable bonds is 6. The van der Waals surface area contributed by atoms with Crippen molar-refractivity contribution in [3.8, 4) is 0 Å². The molecule has 3 N–H and O–H groups in total. The number of H-pyrrole nitrogens is 1. The third kappa shape index (κ3) is 4.05. The van der Waals surface area contributed by atoms with Crippen LogP contribution in [0, 0.1) is 0 Å². The smallest absolute Gasteiger partial charge is 0.0490 e. The van der Waals surface area contributed by atoms with Crippen LogP contribution in [0.3, 0.4) is 0 Å². The van der Waals surface area contributed by atoms with Gasteiger partial charge in [0.2, 0.25) is 0 Å². The van der Waals surface area contributed by atoms with E-state index in [1.54, 1.807) is 6.20 Å². The third-order valence-electron chi connectivity index (χ3n) is 1.96. The maximum atomic E-state index is 3.89. The van der Waals surface area contributed by atoms with Crippen LogP contribution in [0.25, 0.3) is 0 Å². The Morgan fingerprint density at radius 2 is 2.46 bits per heavy atom. The van der Waals surface area contributed by atoms with Gasteiger partial charge in [0.1, 0.15) is 0 Å². The van der Waals surface area contributed by atoms with E-state index in [0.29, 0.717) is 6.04 Å². The largest absolute Gasteiger partial charge is 0.318 e. The van der Waals surface area contributed by atoms with Gasteiger partial charge < -0.3 is 10.6 Å². The molecule has 0 amide bonds. The molecule has 0 saturated carbocycles. The second-order valence-electron chi connectivity index (χ2n) is 3.24. The fraction of sp³-hybridized carbons (Fsp3) is 0.667. The first-order valence-corrected chi connectivity index (χ1v) is 4.69. The summed E-state index contributed by atoms with van der Waals surface area (Å²) in [7, 11) is 1.97. The van der Waals surface area contributed by atoms with Gasteiger partial charge >= 0.3 is 0 Å². The van der Waals surface area contributed by atoms with Crippen molar-refractivity contribution in [2.24, 2.45) is 0 Å². The highest BCUT2D eigenvalue weighted by molar-refractivity contribution is 4.97. The van der Waals surface area contributed by atoms with Gasteiger partial charge in [0, 0.05) is 37.4 Å². The van der Waals surface area contributed by atoms with Gasteiger partial charge in [-0.15, -0.1) is 0 Å². The van der Waals surface area contributed by atoms with E-state index in [0.717, 1.165) is 19.5 Å². The van der Waals surface area contributed by atoms with Crippen molar-refractivity contribution in [1.29, 1.82) is 0 Å². The van der Waals surface area contributed by atoms with Gasteiger partial charge in [0.05, 0.1) is 0 Å². The normalized spacial score (nSPS) is 13.1. The molecule has 0 saturated heterocycles. The lowest BCUT2D eigenvalue weighted by atomic mass is 10.3. The molecule has 0 bridgehead atoms. The molecule has 0 spiro atoms. The van der Waals surface area contributed by atoms with Crippen LogP contribution in [0.4, 0.5) is 0 Å². The Morgan fingerprint density at radius 1 is 1.62 bits per heavy atom. The maximum Gasteiger partial charge on any atom is 0.0490 e. The highest BCUT2D eigenvalue weighted by Crippen LogP contribution is 1.91. The van der Waals surface area contributed by atoms with Crippen LogP contribution in [0.5, 0.6) is 0 Å². The summed E-state index contributed by atoms with van der Waals surface area (Å²) in [6.07, 6.45) is 2.79. The van der Waals surface area contributed by atoms with E-state index in [9.17, 15) is 0 Å². The lowest BCUT2D eigenvalue weighted by Gasteiger charge is -2.12. The summed E-state index contributed by atoms with van der Waals surface area (Å²) in [4.78, 5) is 0. The zero-order valence-electron chi connectivity index (χ0n) is 8.30. The van der Waals surface area contributed by atoms with Crippen LogP contribution in [-0.2, 0) is 6.42 Å². The van der Waals surface area contributed by atoms with E-state index < -0.39 is 0 Å². The Labute approximate surface area is 79.1 Å². The van der Waals surface area contributed by atoms with Crippen LogP contribution in [0.2, 0.25) is 0 Å². The molecule has 1 heterocycles. The maximum absolute atomic E-state index is 3.89. The van der Waals surface area contributed by atoms with Gasteiger partial charge in [-0.05, 0) is 20.0 Å². The predicted molar refractivity (Wildman–Crippen MR) is 53.7 cm³/mol. The zero-order valence-corrected chi connectivity index (χ0v) is 8.30. The molecule has 0 fully saturated rings. The Hall–Kier alpha value is -0.870. The first-order chi connectivity index (χ1) is 6.33. The zero-order chi connectivity index (χ0) is 9.52. The molecule has 13 heavy (non-hydrogen) atoms. The molecule has 0 aliphatic heterocycles. The molecule has 1 atom stereocenters. The quantitative estimate of drug-likeness (QED) is 0.587. The van der Waals surface area contributed by atoms with Crippen molar-refractivity contribution < 1.29 is 0 Å². The Bertz CT molecular complexity index is 207. The summed E-state index contributed by atoms with van der Waals surface area (Å²) in [5, 5.41) is 13.4. The fourth-order valence-corrected chi connectivity index (χ4v) is 1.26. The second kappa shape index (κ2) is 5.72. The minimum atomic E-state index is 0.521. The van der Waals surface area contributed by atoms with Crippen LogP contribution in [-0.4, -0.2) is 36.4 Å². The first kappa shape index (κ1) is 10.2. The molecule has 0 radical (unpaired) electrons. The number of aromatic nitrogens is 2. The fourth-order valence-electron chi connectivity index (χ4n) is 1.26. The predicted octanol–water partition coefficient (Wildman–Crippen LogP) is 0.150. The second-order valence-corrected chi connectivity index (χ2v) is 3.24. The molecule has 0 aromatic carbocycles. The number of nitrogens with one attached hydrogen (secondary N) is 3. The van der Waals surface area contributed by atoms with Crippen LogP contribution < -0.4 is 10.6 Å². The molecule has 4 heteroatoms. The Balaban J connectivity index is 2.07. The number of hydrogen-bond donors (Lipinski definition) is 3. The van der Waals surface area contributed by atoms with E-state index in [4.69, 9.17) is 0 Å². The van der Waals surface area contributed by atoms with Gasteiger partial charge in [-0.2, -0.15) is 5.10 Å². The summed E-state index contributed by atoms with van der Waals surface area (Å²) in [5.74, 6) is 0. The van der Waals surface area contributed by atoms with Crippen LogP contribution >= 0.6 is 0 Å². The highest BCUT2D eigenvalue weighted by atomic mass is 15.1. The summed E-state index contributed by atoms with van der Waals surface area (Å²) in [6, 6.07) is 2.53. The van der Waals surface area contributed by atoms with Gasteiger partial charge in [-0.1, -0.05) is 0 Å².